The zero-order chi connectivity index (χ0) is 52.5. The van der Waals surface area contributed by atoms with Gasteiger partial charge in [-0.3, -0.25) is 14.5 Å². The molecular weight excluding hydrogens is 974 g/mol. The number of aliphatic hydroxyl groups is 1. The van der Waals surface area contributed by atoms with Gasteiger partial charge < -0.3 is 54.7 Å². The van der Waals surface area contributed by atoms with Gasteiger partial charge in [-0.05, 0) is 85.6 Å². The molecule has 0 radical (unpaired) electrons. The number of fused-ring (bicyclic) bond motifs is 2. The maximum atomic E-state index is 14.1. The molecule has 2 aromatic carbocycles. The lowest BCUT2D eigenvalue weighted by Crippen LogP contribution is -2.54. The number of phenols is 1. The summed E-state index contributed by atoms with van der Waals surface area (Å²) in [4.78, 5) is 40.6. The van der Waals surface area contributed by atoms with Crippen LogP contribution in [0.4, 0.5) is 30.4 Å². The number of para-hydroxylation sites is 1. The molecule has 5 N–H and O–H groups in total. The summed E-state index contributed by atoms with van der Waals surface area (Å²) in [6, 6.07) is 18.2. The molecule has 1 unspecified atom stereocenters. The van der Waals surface area contributed by atoms with Gasteiger partial charge in [-0.2, -0.15) is 13.2 Å². The number of halogens is 3. The highest BCUT2D eigenvalue weighted by molar-refractivity contribution is 5.91. The minimum Gasteiger partial charge on any atom is -0.507 e. The number of hydrogen-bond donors (Lipinski definition) is 4. The van der Waals surface area contributed by atoms with Gasteiger partial charge >= 0.3 is 6.18 Å². The summed E-state index contributed by atoms with van der Waals surface area (Å²) >= 11 is 0. The molecule has 75 heavy (non-hydrogen) atoms. The summed E-state index contributed by atoms with van der Waals surface area (Å²) in [6.45, 7) is 9.57. The lowest BCUT2D eigenvalue weighted by atomic mass is 9.91. The normalized spacial score (nSPS) is 24.0. The molecule has 6 atom stereocenters. The number of benzene rings is 2. The van der Waals surface area contributed by atoms with Gasteiger partial charge in [0.15, 0.2) is 11.6 Å². The molecule has 4 saturated heterocycles. The Kier molecular flexibility index (Phi) is 15.1. The number of phenolic OH excluding ortho intramolecular Hbond substituents is 1. The van der Waals surface area contributed by atoms with Crippen molar-refractivity contribution in [3.05, 3.63) is 95.9 Å². The van der Waals surface area contributed by atoms with Gasteiger partial charge in [0.1, 0.15) is 30.4 Å². The van der Waals surface area contributed by atoms with Gasteiger partial charge in [-0.15, -0.1) is 10.2 Å². The lowest BCUT2D eigenvalue weighted by Gasteiger charge is -2.43. The van der Waals surface area contributed by atoms with Crippen molar-refractivity contribution in [2.45, 2.75) is 126 Å². The zero-order valence-corrected chi connectivity index (χ0v) is 42.3. The number of nitrogens with zero attached hydrogens (tertiary/aromatic N) is 8. The number of carbonyl (C=O) groups is 2. The number of pyridine rings is 1. The van der Waals surface area contributed by atoms with Crippen molar-refractivity contribution < 1.29 is 51.7 Å². The molecule has 5 fully saturated rings. The van der Waals surface area contributed by atoms with Gasteiger partial charge in [-0.25, -0.2) is 4.98 Å². The Morgan fingerprint density at radius 1 is 0.880 bits per heavy atom. The molecule has 1 aliphatic carbocycles. The number of nitrogen functional groups attached to an aromatic ring is 1. The fourth-order valence-electron chi connectivity index (χ4n) is 11.4. The van der Waals surface area contributed by atoms with E-state index in [-0.39, 0.29) is 66.7 Å². The summed E-state index contributed by atoms with van der Waals surface area (Å²) in [6.07, 6.45) is 2.26. The van der Waals surface area contributed by atoms with E-state index in [1.165, 1.54) is 17.0 Å². The molecule has 0 spiro atoms. The van der Waals surface area contributed by atoms with Crippen LogP contribution in [0.25, 0.3) is 11.3 Å². The molecule has 400 valence electrons. The maximum Gasteiger partial charge on any atom is 0.416 e. The number of piperazine rings is 1. The number of anilines is 3. The first-order chi connectivity index (χ1) is 36.0. The van der Waals surface area contributed by atoms with Gasteiger partial charge in [0.25, 0.3) is 5.88 Å². The van der Waals surface area contributed by atoms with E-state index in [9.17, 15) is 33.0 Å². The van der Waals surface area contributed by atoms with Crippen molar-refractivity contribution in [2.75, 3.05) is 61.4 Å². The Balaban J connectivity index is 0.642. The van der Waals surface area contributed by atoms with Crippen molar-refractivity contribution in [1.82, 2.24) is 35.5 Å². The van der Waals surface area contributed by atoms with Crippen LogP contribution in [0, 0.1) is 5.92 Å². The number of carbonyl (C=O) groups excluding carboxylic acids is 2. The lowest BCUT2D eigenvalue weighted by molar-refractivity contribution is -0.141. The standard InChI is InChI=1S/C54H65F3N10O8/c1-31(2)50(53(71)66-30-38(68)23-45(66)52(70)60-32(3)33-8-10-34(11-9-33)54(55,56)57)47-27-49(63-75-47)72-21-20-64-18-15-39(16-19-64)73-40-24-41(25-40)74-48-22-35(14-17-59-48)67-36-12-13-37(67)29-65(28-36)44-26-43(61-62-51(44)58)42-6-4-5-7-46(42)69/h4-11,14,17,22,26-27,31-32,36-41,45,50,68-69H,12-13,15-16,18-21,23-25,28-30H2,1-3H3,(H2,58,62)(H,60,70)/t32-,36+,37?,38+,40?,41?,45-,50+/m0/s1. The second kappa shape index (κ2) is 21.9. The minimum absolute atomic E-state index is 0.0128. The predicted molar refractivity (Wildman–Crippen MR) is 271 cm³/mol. The van der Waals surface area contributed by atoms with Gasteiger partial charge in [-0.1, -0.05) is 38.1 Å². The van der Waals surface area contributed by atoms with E-state index in [4.69, 9.17) is 24.5 Å². The Morgan fingerprint density at radius 3 is 2.32 bits per heavy atom. The number of likely N-dealkylation sites (tertiary alicyclic amines) is 2. The van der Waals surface area contributed by atoms with E-state index in [0.717, 1.165) is 88.2 Å². The molecule has 5 aromatic rings. The topological polar surface area (TPSA) is 218 Å². The number of amides is 2. The quantitative estimate of drug-likeness (QED) is 0.0758. The minimum atomic E-state index is -4.48. The number of rotatable bonds is 17. The van der Waals surface area contributed by atoms with Crippen LogP contribution in [0.2, 0.25) is 0 Å². The number of alkyl halides is 3. The highest BCUT2D eigenvalue weighted by Gasteiger charge is 2.45. The SMILES string of the molecule is CC(C)[C@@H](C(=O)N1C[C@H](O)C[C@H]1C(=O)N[C@@H](C)c1ccc(C(F)(F)F)cc1)c1cc(OCCN2CCC(OC3CC(Oc4cc(N5C6CC[C@@H]5CN(c5cc(-c7ccccc7O)nnc5N)C6)ccn4)C3)CC2)no1. The van der Waals surface area contributed by atoms with Crippen LogP contribution in [0.3, 0.4) is 0 Å². The van der Waals surface area contributed by atoms with Crippen LogP contribution in [0.15, 0.2) is 83.5 Å². The highest BCUT2D eigenvalue weighted by atomic mass is 19.4. The number of piperidine rings is 1. The Morgan fingerprint density at radius 2 is 1.61 bits per heavy atom. The molecule has 1 saturated carbocycles. The van der Waals surface area contributed by atoms with Crippen LogP contribution >= 0.6 is 0 Å². The average molecular weight is 1040 g/mol. The number of nitrogens with two attached hydrogens (primary N) is 1. The monoisotopic (exact) mass is 1040 g/mol. The molecular formula is C54H65F3N10O8. The Labute approximate surface area is 433 Å². The molecule has 2 bridgehead atoms. The molecule has 21 heteroatoms. The Bertz CT molecular complexity index is 2770. The average Bonchev–Trinajstić information content (AvgIpc) is 4.09. The Hall–Kier alpha value is -6.71. The van der Waals surface area contributed by atoms with E-state index < -0.39 is 47.7 Å². The smallest absolute Gasteiger partial charge is 0.416 e. The van der Waals surface area contributed by atoms with Crippen LogP contribution in [0.1, 0.15) is 94.6 Å². The van der Waals surface area contributed by atoms with E-state index in [0.29, 0.717) is 41.7 Å². The van der Waals surface area contributed by atoms with Crippen molar-refractivity contribution >= 4 is 29.0 Å². The number of β-amino-alcohol motifs (C(OH)–C–C–N with tert-alkyl or cyclic N) is 1. The fourth-order valence-corrected chi connectivity index (χ4v) is 11.4. The molecule has 2 amide bonds. The van der Waals surface area contributed by atoms with E-state index >= 15 is 0 Å². The van der Waals surface area contributed by atoms with Gasteiger partial charge in [0.05, 0.1) is 41.3 Å². The summed E-state index contributed by atoms with van der Waals surface area (Å²) < 4.78 is 63.8. The summed E-state index contributed by atoms with van der Waals surface area (Å²) in [5, 5.41) is 36.5. The summed E-state index contributed by atoms with van der Waals surface area (Å²) in [5.74, 6) is -0.352. The highest BCUT2D eigenvalue weighted by Crippen LogP contribution is 2.41. The number of hydrogen-bond acceptors (Lipinski definition) is 16. The van der Waals surface area contributed by atoms with Gasteiger partial charge in [0, 0.05) is 100 Å². The van der Waals surface area contributed by atoms with Crippen molar-refractivity contribution in [3.63, 3.8) is 0 Å². The van der Waals surface area contributed by atoms with Crippen LogP contribution in [-0.2, 0) is 20.5 Å². The van der Waals surface area contributed by atoms with E-state index in [2.05, 4.69) is 52.5 Å². The first kappa shape index (κ1) is 51.8. The number of aromatic hydroxyl groups is 1. The zero-order valence-electron chi connectivity index (χ0n) is 42.3. The first-order valence-electron chi connectivity index (χ1n) is 26.1. The third kappa shape index (κ3) is 11.6. The van der Waals surface area contributed by atoms with Crippen molar-refractivity contribution in [3.8, 4) is 28.8 Å². The number of aliphatic hydroxyl groups excluding tert-OH is 1. The molecule has 7 heterocycles. The molecule has 5 aliphatic rings. The first-order valence-corrected chi connectivity index (χ1v) is 26.1. The van der Waals surface area contributed by atoms with Crippen molar-refractivity contribution in [1.29, 1.82) is 0 Å². The number of ether oxygens (including phenoxy) is 3. The van der Waals surface area contributed by atoms with E-state index in [1.807, 2.05) is 38.2 Å². The summed E-state index contributed by atoms with van der Waals surface area (Å²) in [5.41, 5.74) is 9.17. The second-order valence-electron chi connectivity index (χ2n) is 21.0. The van der Waals surface area contributed by atoms with Crippen LogP contribution < -0.4 is 30.3 Å². The third-order valence-electron chi connectivity index (χ3n) is 15.4. The molecule has 18 nitrogen and oxygen atoms in total. The van der Waals surface area contributed by atoms with Crippen LogP contribution in [0.5, 0.6) is 17.5 Å². The number of aromatic nitrogens is 4. The largest absolute Gasteiger partial charge is 0.507 e. The second-order valence-corrected chi connectivity index (χ2v) is 21.0. The fraction of sp³-hybridized carbons (Fsp3) is 0.519. The molecule has 3 aromatic heterocycles. The predicted octanol–water partition coefficient (Wildman–Crippen LogP) is 6.74. The molecule has 4 aliphatic heterocycles. The van der Waals surface area contributed by atoms with Crippen molar-refractivity contribution in [2.24, 2.45) is 5.92 Å². The maximum absolute atomic E-state index is 14.1. The van der Waals surface area contributed by atoms with E-state index in [1.54, 1.807) is 25.1 Å². The third-order valence-corrected chi connectivity index (χ3v) is 15.4. The number of nitrogens with one attached hydrogen (secondary N) is 1. The molecule has 10 rings (SSSR count). The van der Waals surface area contributed by atoms with Gasteiger partial charge in [0.2, 0.25) is 17.7 Å². The van der Waals surface area contributed by atoms with Crippen LogP contribution in [-0.4, -0.2) is 141 Å². The summed E-state index contributed by atoms with van der Waals surface area (Å²) in [7, 11) is 0.